The van der Waals surface area contributed by atoms with Gasteiger partial charge in [-0.05, 0) is 74.8 Å². The minimum atomic E-state index is -1.06. The summed E-state index contributed by atoms with van der Waals surface area (Å²) in [6.07, 6.45) is 2.18. The number of carbonyl (C=O) groups excluding carboxylic acids is 2. The minimum absolute atomic E-state index is 0.174. The number of fused-ring (bicyclic) bond motifs is 1. The number of aliphatic carboxylic acids is 1. The number of benzene rings is 1. The number of rotatable bonds is 5. The van der Waals surface area contributed by atoms with Crippen LogP contribution in [0.1, 0.15) is 36.1 Å². The van der Waals surface area contributed by atoms with Crippen LogP contribution in [0.25, 0.3) is 10.1 Å². The zero-order valence-corrected chi connectivity index (χ0v) is 18.9. The van der Waals surface area contributed by atoms with E-state index in [0.29, 0.717) is 50.3 Å². The molecule has 2 fully saturated rings. The van der Waals surface area contributed by atoms with E-state index in [1.165, 1.54) is 4.90 Å². The molecule has 2 aromatic rings. The predicted molar refractivity (Wildman–Crippen MR) is 121 cm³/mol. The molecule has 0 radical (unpaired) electrons. The number of hydrogen-bond acceptors (Lipinski definition) is 5. The van der Waals surface area contributed by atoms with E-state index in [9.17, 15) is 19.5 Å². The average molecular weight is 464 g/mol. The summed E-state index contributed by atoms with van der Waals surface area (Å²) < 4.78 is 1.07. The summed E-state index contributed by atoms with van der Waals surface area (Å²) in [6, 6.07) is 4.88. The highest BCUT2D eigenvalue weighted by Crippen LogP contribution is 2.33. The summed E-state index contributed by atoms with van der Waals surface area (Å²) in [4.78, 5) is 40.6. The molecule has 2 saturated heterocycles. The molecule has 166 valence electrons. The van der Waals surface area contributed by atoms with Crippen LogP contribution in [0.5, 0.6) is 0 Å². The summed E-state index contributed by atoms with van der Waals surface area (Å²) in [5.41, 5.74) is -0.0392. The molecule has 1 atom stereocenters. The third kappa shape index (κ3) is 4.29. The molecule has 1 unspecified atom stereocenters. The Balaban J connectivity index is 1.55. The number of piperidine rings is 1. The monoisotopic (exact) mass is 463 g/mol. The summed E-state index contributed by atoms with van der Waals surface area (Å²) in [5, 5.41) is 17.4. The zero-order chi connectivity index (χ0) is 22.2. The maximum absolute atomic E-state index is 13.5. The van der Waals surface area contributed by atoms with Gasteiger partial charge in [-0.3, -0.25) is 9.59 Å². The van der Waals surface area contributed by atoms with Crippen molar-refractivity contribution in [2.45, 2.75) is 50.6 Å². The highest BCUT2D eigenvalue weighted by molar-refractivity contribution is 7.19. The van der Waals surface area contributed by atoms with Crippen LogP contribution in [0.4, 0.5) is 0 Å². The Labute approximate surface area is 189 Å². The number of aryl methyl sites for hydroxylation is 1. The molecule has 3 N–H and O–H groups in total. The van der Waals surface area contributed by atoms with Crippen molar-refractivity contribution in [3.8, 4) is 0 Å². The highest BCUT2D eigenvalue weighted by Gasteiger charge is 2.47. The van der Waals surface area contributed by atoms with Gasteiger partial charge in [0.1, 0.15) is 11.6 Å². The van der Waals surface area contributed by atoms with E-state index in [2.05, 4.69) is 10.6 Å². The Morgan fingerprint density at radius 3 is 2.77 bits per heavy atom. The molecule has 3 heterocycles. The van der Waals surface area contributed by atoms with Gasteiger partial charge >= 0.3 is 5.97 Å². The fourth-order valence-electron chi connectivity index (χ4n) is 4.66. The van der Waals surface area contributed by atoms with Crippen molar-refractivity contribution in [3.05, 3.63) is 33.7 Å². The molecule has 0 saturated carbocycles. The second-order valence-electron chi connectivity index (χ2n) is 8.34. The van der Waals surface area contributed by atoms with Crippen molar-refractivity contribution in [3.63, 3.8) is 0 Å². The number of nitrogens with one attached hydrogen (secondary N) is 2. The van der Waals surface area contributed by atoms with Crippen molar-refractivity contribution in [2.75, 3.05) is 19.6 Å². The molecule has 9 heteroatoms. The van der Waals surface area contributed by atoms with Gasteiger partial charge in [0.05, 0.1) is 6.42 Å². The van der Waals surface area contributed by atoms with Gasteiger partial charge in [-0.15, -0.1) is 11.3 Å². The Bertz CT molecular complexity index is 1030. The Kier molecular flexibility index (Phi) is 6.23. The van der Waals surface area contributed by atoms with E-state index in [0.717, 1.165) is 20.5 Å². The lowest BCUT2D eigenvalue weighted by molar-refractivity contribution is -0.152. The first-order chi connectivity index (χ1) is 14.8. The molecule has 2 amide bonds. The van der Waals surface area contributed by atoms with Crippen LogP contribution in [0.3, 0.4) is 0 Å². The third-order valence-electron chi connectivity index (χ3n) is 6.36. The standard InChI is InChI=1S/C22H26ClN3O4S/c1-13-15-11-14(23)4-5-17(15)31-18(13)12-19(27)25-22(6-8-24-9-7-22)21(30)26-10-2-3-16(26)20(28)29/h4-5,11,16,24H,2-3,6-10,12H2,1H3,(H,25,27)(H,28,29). The number of carboxylic acid groups (broad SMARTS) is 1. The fraction of sp³-hybridized carbons (Fsp3) is 0.500. The molecule has 0 aliphatic carbocycles. The van der Waals surface area contributed by atoms with Gasteiger partial charge in [-0.1, -0.05) is 11.6 Å². The van der Waals surface area contributed by atoms with Gasteiger partial charge in [0, 0.05) is 21.1 Å². The van der Waals surface area contributed by atoms with E-state index >= 15 is 0 Å². The second kappa shape index (κ2) is 8.76. The Morgan fingerprint density at radius 2 is 2.06 bits per heavy atom. The third-order valence-corrected chi connectivity index (χ3v) is 7.87. The molecule has 2 aliphatic rings. The summed E-state index contributed by atoms with van der Waals surface area (Å²) >= 11 is 7.67. The lowest BCUT2D eigenvalue weighted by Crippen LogP contribution is -2.64. The van der Waals surface area contributed by atoms with Crippen LogP contribution in [-0.2, 0) is 20.8 Å². The normalized spacial score (nSPS) is 20.7. The van der Waals surface area contributed by atoms with Crippen molar-refractivity contribution in [2.24, 2.45) is 0 Å². The summed E-state index contributed by atoms with van der Waals surface area (Å²) in [6.45, 7) is 3.58. The average Bonchev–Trinajstić information content (AvgIpc) is 3.34. The van der Waals surface area contributed by atoms with Crippen LogP contribution in [0.15, 0.2) is 18.2 Å². The van der Waals surface area contributed by atoms with Crippen molar-refractivity contribution < 1.29 is 19.5 Å². The fourth-order valence-corrected chi connectivity index (χ4v) is 6.02. The quantitative estimate of drug-likeness (QED) is 0.633. The van der Waals surface area contributed by atoms with E-state index in [1.807, 2.05) is 25.1 Å². The maximum atomic E-state index is 13.5. The van der Waals surface area contributed by atoms with Crippen LogP contribution in [0, 0.1) is 6.92 Å². The second-order valence-corrected chi connectivity index (χ2v) is 9.92. The molecular weight excluding hydrogens is 438 g/mol. The van der Waals surface area contributed by atoms with Crippen molar-refractivity contribution in [1.82, 2.24) is 15.5 Å². The van der Waals surface area contributed by atoms with Gasteiger partial charge in [0.2, 0.25) is 11.8 Å². The topological polar surface area (TPSA) is 98.7 Å². The maximum Gasteiger partial charge on any atom is 0.326 e. The van der Waals surface area contributed by atoms with Crippen LogP contribution >= 0.6 is 22.9 Å². The smallest absolute Gasteiger partial charge is 0.326 e. The summed E-state index contributed by atoms with van der Waals surface area (Å²) in [7, 11) is 0. The zero-order valence-electron chi connectivity index (χ0n) is 17.4. The lowest BCUT2D eigenvalue weighted by Gasteiger charge is -2.40. The first-order valence-electron chi connectivity index (χ1n) is 10.5. The van der Waals surface area contributed by atoms with Crippen LogP contribution in [0.2, 0.25) is 5.02 Å². The number of halogens is 1. The van der Waals surface area contributed by atoms with Gasteiger partial charge in [-0.2, -0.15) is 0 Å². The molecule has 7 nitrogen and oxygen atoms in total. The molecule has 2 aliphatic heterocycles. The van der Waals surface area contributed by atoms with E-state index in [1.54, 1.807) is 11.3 Å². The largest absolute Gasteiger partial charge is 0.480 e. The molecule has 1 aromatic carbocycles. The van der Waals surface area contributed by atoms with Crippen molar-refractivity contribution >= 4 is 50.8 Å². The van der Waals surface area contributed by atoms with Gasteiger partial charge in [-0.25, -0.2) is 4.79 Å². The number of thiophene rings is 1. The van der Waals surface area contributed by atoms with Crippen LogP contribution in [-0.4, -0.2) is 59.0 Å². The molecule has 4 rings (SSSR count). The van der Waals surface area contributed by atoms with Gasteiger partial charge in [0.15, 0.2) is 0 Å². The lowest BCUT2D eigenvalue weighted by atomic mass is 9.86. The first-order valence-corrected chi connectivity index (χ1v) is 11.7. The Hall–Kier alpha value is -2.16. The van der Waals surface area contributed by atoms with Crippen LogP contribution < -0.4 is 10.6 Å². The first kappa shape index (κ1) is 22.0. The summed E-state index contributed by atoms with van der Waals surface area (Å²) in [5.74, 6) is -1.48. The van der Waals surface area contributed by atoms with Gasteiger partial charge < -0.3 is 20.6 Å². The van der Waals surface area contributed by atoms with E-state index < -0.39 is 17.6 Å². The molecule has 31 heavy (non-hydrogen) atoms. The highest BCUT2D eigenvalue weighted by atomic mass is 35.5. The number of nitrogens with zero attached hydrogens (tertiary/aromatic N) is 1. The predicted octanol–water partition coefficient (Wildman–Crippen LogP) is 2.72. The number of carbonyl (C=O) groups is 3. The van der Waals surface area contributed by atoms with E-state index in [-0.39, 0.29) is 18.2 Å². The molecule has 1 aromatic heterocycles. The van der Waals surface area contributed by atoms with E-state index in [4.69, 9.17) is 11.6 Å². The molecular formula is C22H26ClN3O4S. The van der Waals surface area contributed by atoms with Crippen molar-refractivity contribution in [1.29, 1.82) is 0 Å². The molecule has 0 spiro atoms. The number of amides is 2. The SMILES string of the molecule is Cc1c(CC(=O)NC2(C(=O)N3CCCC3C(=O)O)CCNCC2)sc2ccc(Cl)cc12. The number of carboxylic acids is 1. The molecule has 0 bridgehead atoms. The number of likely N-dealkylation sites (tertiary alicyclic amines) is 1. The Morgan fingerprint density at radius 1 is 1.32 bits per heavy atom. The number of hydrogen-bond donors (Lipinski definition) is 3. The van der Waals surface area contributed by atoms with Gasteiger partial charge in [0.25, 0.3) is 0 Å². The minimum Gasteiger partial charge on any atom is -0.480 e.